The molecular formula is C28H34N2O9. The summed E-state index contributed by atoms with van der Waals surface area (Å²) in [5.41, 5.74) is 0.117. The fourth-order valence-electron chi connectivity index (χ4n) is 7.17. The van der Waals surface area contributed by atoms with E-state index < -0.39 is 52.9 Å². The summed E-state index contributed by atoms with van der Waals surface area (Å²) in [6.45, 7) is 5.43. The number of likely N-dealkylation sites (N-methyl/N-ethyl adjacent to an activating group) is 1. The number of hydrogen-bond acceptors (Lipinski definition) is 10. The molecule has 210 valence electrons. The zero-order valence-corrected chi connectivity index (χ0v) is 22.7. The van der Waals surface area contributed by atoms with Crippen LogP contribution < -0.4 is 14.8 Å². The first-order valence-electron chi connectivity index (χ1n) is 13.3. The lowest BCUT2D eigenvalue weighted by molar-refractivity contribution is -0.170. The van der Waals surface area contributed by atoms with Gasteiger partial charge in [-0.3, -0.25) is 4.79 Å². The van der Waals surface area contributed by atoms with Crippen molar-refractivity contribution >= 4 is 17.8 Å². The largest absolute Gasteiger partial charge is 0.493 e. The first-order valence-corrected chi connectivity index (χ1v) is 13.3. The number of hydrogen-bond donors (Lipinski definition) is 2. The topological polar surface area (TPSA) is 133 Å². The van der Waals surface area contributed by atoms with Crippen molar-refractivity contribution in [2.24, 2.45) is 0 Å². The number of amides is 1. The van der Waals surface area contributed by atoms with Gasteiger partial charge in [0.1, 0.15) is 11.8 Å². The number of nitrogens with one attached hydrogen (secondary N) is 1. The van der Waals surface area contributed by atoms with Crippen LogP contribution in [0.25, 0.3) is 0 Å². The number of carbonyl (C=O) groups is 3. The second-order valence-corrected chi connectivity index (χ2v) is 11.6. The van der Waals surface area contributed by atoms with Crippen molar-refractivity contribution in [3.63, 3.8) is 0 Å². The van der Waals surface area contributed by atoms with Crippen LogP contribution in [0.15, 0.2) is 24.0 Å². The van der Waals surface area contributed by atoms with E-state index in [0.29, 0.717) is 30.1 Å². The third kappa shape index (κ3) is 3.70. The van der Waals surface area contributed by atoms with Gasteiger partial charge in [0, 0.05) is 31.9 Å². The molecule has 2 aliphatic carbocycles. The van der Waals surface area contributed by atoms with E-state index in [4.69, 9.17) is 23.7 Å². The molecule has 2 saturated heterocycles. The van der Waals surface area contributed by atoms with Gasteiger partial charge in [-0.2, -0.15) is 0 Å². The highest BCUT2D eigenvalue weighted by atomic mass is 16.8. The van der Waals surface area contributed by atoms with Crippen LogP contribution in [0.3, 0.4) is 0 Å². The van der Waals surface area contributed by atoms with Gasteiger partial charge < -0.3 is 39.0 Å². The van der Waals surface area contributed by atoms with Crippen LogP contribution in [-0.2, 0) is 40.4 Å². The molecule has 11 nitrogen and oxygen atoms in total. The third-order valence-electron chi connectivity index (χ3n) is 8.91. The first-order chi connectivity index (χ1) is 18.4. The van der Waals surface area contributed by atoms with Crippen molar-refractivity contribution in [2.45, 2.75) is 87.5 Å². The summed E-state index contributed by atoms with van der Waals surface area (Å²) in [6.07, 6.45) is 1.26. The van der Waals surface area contributed by atoms with Gasteiger partial charge in [-0.05, 0) is 51.1 Å². The van der Waals surface area contributed by atoms with E-state index in [9.17, 15) is 19.5 Å². The molecule has 0 saturated carbocycles. The molecule has 6 atom stereocenters. The lowest BCUT2D eigenvalue weighted by atomic mass is 9.50. The quantitative estimate of drug-likeness (QED) is 0.504. The van der Waals surface area contributed by atoms with Gasteiger partial charge in [-0.25, -0.2) is 9.59 Å². The molecule has 2 N–H and O–H groups in total. The number of likely N-dealkylation sites (tertiary alicyclic amines) is 1. The summed E-state index contributed by atoms with van der Waals surface area (Å²) in [4.78, 5) is 39.9. The van der Waals surface area contributed by atoms with Crippen LogP contribution in [0.4, 0.5) is 0 Å². The summed E-state index contributed by atoms with van der Waals surface area (Å²) in [5.74, 6) is -1.50. The summed E-state index contributed by atoms with van der Waals surface area (Å²) >= 11 is 0. The number of carbonyl (C=O) groups excluding carboxylic acids is 3. The molecule has 3 aliphatic heterocycles. The molecule has 0 radical (unpaired) electrons. The zero-order chi connectivity index (χ0) is 27.9. The monoisotopic (exact) mass is 542 g/mol. The Morgan fingerprint density at radius 3 is 2.77 bits per heavy atom. The maximum atomic E-state index is 13.1. The van der Waals surface area contributed by atoms with E-state index in [0.717, 1.165) is 17.7 Å². The van der Waals surface area contributed by atoms with Gasteiger partial charge >= 0.3 is 11.9 Å². The predicted octanol–water partition coefficient (Wildman–Crippen LogP) is 1.09. The molecule has 11 heteroatoms. The molecular weight excluding hydrogens is 508 g/mol. The standard InChI is InChI=1S/C28H34N2O9/c1-14(29-20(31)13-18-25(33)39-26(2,3)38-18)24(32)36-17-8-9-28(34)19-12-15-6-7-16(35-5)22-21(15)27(28,23(17)37-22)10-11-30(19)4/h6-8,14,18-19,23,34H,9-13H2,1-5H3,(H,29,31)/t14-,18-,19-,23-,27-,28+/m0/s1. The van der Waals surface area contributed by atoms with Crippen LogP contribution >= 0.6 is 0 Å². The van der Waals surface area contributed by atoms with Crippen LogP contribution in [-0.4, -0.2) is 84.2 Å². The molecule has 1 aromatic carbocycles. The molecule has 3 heterocycles. The molecule has 2 bridgehead atoms. The number of piperidine rings is 1. The molecule has 0 aromatic heterocycles. The van der Waals surface area contributed by atoms with Crippen molar-refractivity contribution in [3.05, 3.63) is 35.1 Å². The smallest absolute Gasteiger partial charge is 0.338 e. The van der Waals surface area contributed by atoms with E-state index in [1.807, 2.05) is 19.2 Å². The number of benzene rings is 1. The molecule has 5 aliphatic rings. The summed E-state index contributed by atoms with van der Waals surface area (Å²) < 4.78 is 28.5. The normalized spacial score (nSPS) is 34.3. The van der Waals surface area contributed by atoms with Crippen molar-refractivity contribution < 1.29 is 43.2 Å². The number of aliphatic hydroxyl groups is 1. The Morgan fingerprint density at radius 1 is 1.31 bits per heavy atom. The molecule has 1 aromatic rings. The lowest BCUT2D eigenvalue weighted by Crippen LogP contribution is -2.74. The molecule has 2 fully saturated rings. The van der Waals surface area contributed by atoms with Crippen LogP contribution in [0.2, 0.25) is 0 Å². The molecule has 1 spiro atoms. The predicted molar refractivity (Wildman–Crippen MR) is 135 cm³/mol. The minimum absolute atomic E-state index is 0.120. The van der Waals surface area contributed by atoms with E-state index in [2.05, 4.69) is 10.2 Å². The summed E-state index contributed by atoms with van der Waals surface area (Å²) in [5, 5.41) is 14.8. The zero-order valence-electron chi connectivity index (χ0n) is 22.7. The van der Waals surface area contributed by atoms with E-state index >= 15 is 0 Å². The number of methoxy groups -OCH3 is 1. The van der Waals surface area contributed by atoms with Gasteiger partial charge in [0.05, 0.1) is 24.5 Å². The Kier molecular flexibility index (Phi) is 5.80. The van der Waals surface area contributed by atoms with E-state index in [1.54, 1.807) is 27.0 Å². The maximum Gasteiger partial charge on any atom is 0.338 e. The lowest BCUT2D eigenvalue weighted by Gasteiger charge is -2.61. The van der Waals surface area contributed by atoms with Crippen molar-refractivity contribution in [3.8, 4) is 11.5 Å². The highest BCUT2D eigenvalue weighted by Gasteiger charge is 2.72. The SMILES string of the molecule is COc1ccc2c3c1O[C@H]1C(OC(=O)[C@H](C)NC(=O)C[C@@H]4OC(C)(C)OC4=O)=CC[C@@]4(O)[C@H](C2)N(C)CC[C@]314. The highest BCUT2D eigenvalue weighted by Crippen LogP contribution is 2.65. The summed E-state index contributed by atoms with van der Waals surface area (Å²) in [7, 11) is 3.60. The average Bonchev–Trinajstić information content (AvgIpc) is 3.35. The minimum Gasteiger partial charge on any atom is -0.493 e. The maximum absolute atomic E-state index is 13.1. The second-order valence-electron chi connectivity index (χ2n) is 11.6. The number of ether oxygens (including phenoxy) is 5. The van der Waals surface area contributed by atoms with Crippen LogP contribution in [0.5, 0.6) is 11.5 Å². The molecule has 6 rings (SSSR count). The fraction of sp³-hybridized carbons (Fsp3) is 0.607. The van der Waals surface area contributed by atoms with Gasteiger partial charge in [0.2, 0.25) is 11.7 Å². The summed E-state index contributed by atoms with van der Waals surface area (Å²) in [6, 6.07) is 2.78. The number of cyclic esters (lactones) is 1. The van der Waals surface area contributed by atoms with Crippen molar-refractivity contribution in [1.29, 1.82) is 0 Å². The first kappa shape index (κ1) is 26.1. The van der Waals surface area contributed by atoms with Crippen molar-refractivity contribution in [1.82, 2.24) is 10.2 Å². The van der Waals surface area contributed by atoms with Gasteiger partial charge in [0.15, 0.2) is 23.7 Å². The molecule has 39 heavy (non-hydrogen) atoms. The molecule has 0 unspecified atom stereocenters. The average molecular weight is 543 g/mol. The van der Waals surface area contributed by atoms with Gasteiger partial charge in [-0.1, -0.05) is 6.07 Å². The van der Waals surface area contributed by atoms with Crippen molar-refractivity contribution in [2.75, 3.05) is 20.7 Å². The highest BCUT2D eigenvalue weighted by molar-refractivity contribution is 5.88. The Balaban J connectivity index is 1.23. The number of nitrogens with zero attached hydrogens (tertiary/aromatic N) is 1. The Bertz CT molecular complexity index is 1290. The third-order valence-corrected chi connectivity index (χ3v) is 8.91. The van der Waals surface area contributed by atoms with E-state index in [-0.39, 0.29) is 18.9 Å². The number of rotatable bonds is 6. The second kappa shape index (κ2) is 8.67. The Hall–Kier alpha value is -3.15. The van der Waals surface area contributed by atoms with Gasteiger partial charge in [-0.15, -0.1) is 0 Å². The molecule has 1 amide bonds. The minimum atomic E-state index is -1.12. The van der Waals surface area contributed by atoms with Crippen LogP contribution in [0, 0.1) is 0 Å². The number of esters is 2. The fourth-order valence-corrected chi connectivity index (χ4v) is 7.17. The Labute approximate surface area is 226 Å². The van der Waals surface area contributed by atoms with Crippen LogP contribution in [0.1, 0.15) is 51.2 Å². The Morgan fingerprint density at radius 2 is 2.08 bits per heavy atom. The van der Waals surface area contributed by atoms with Gasteiger partial charge in [0.25, 0.3) is 0 Å². The van der Waals surface area contributed by atoms with E-state index in [1.165, 1.54) is 6.92 Å².